The number of benzene rings is 2. The van der Waals surface area contributed by atoms with Crippen LogP contribution in [0, 0.1) is 5.82 Å². The predicted molar refractivity (Wildman–Crippen MR) is 101 cm³/mol. The summed E-state index contributed by atoms with van der Waals surface area (Å²) in [6, 6.07) is 10.7. The summed E-state index contributed by atoms with van der Waals surface area (Å²) in [4.78, 5) is 25.6. The number of phenolic OH excluding ortho intramolecular Hbond substituents is 1. The van der Waals surface area contributed by atoms with Crippen molar-refractivity contribution in [1.29, 1.82) is 0 Å². The topological polar surface area (TPSA) is 72.8 Å². The van der Waals surface area contributed by atoms with Gasteiger partial charge in [0.15, 0.2) is 17.3 Å². The molecule has 0 heterocycles. The highest BCUT2D eigenvalue weighted by molar-refractivity contribution is 6.21. The SMILES string of the molecule is COC(=O)C1=C(C)C(c2ccccc2F)C(=O)/C1=C\c1cccc(OC)c1O. The maximum atomic E-state index is 14.3. The summed E-state index contributed by atoms with van der Waals surface area (Å²) in [5, 5.41) is 10.3. The number of hydrogen-bond donors (Lipinski definition) is 1. The number of carbonyl (C=O) groups is 2. The molecule has 28 heavy (non-hydrogen) atoms. The van der Waals surface area contributed by atoms with Crippen LogP contribution in [0.25, 0.3) is 6.08 Å². The second-order valence-corrected chi connectivity index (χ2v) is 6.32. The van der Waals surface area contributed by atoms with Crippen molar-refractivity contribution in [2.75, 3.05) is 14.2 Å². The number of carbonyl (C=O) groups excluding carboxylic acids is 2. The summed E-state index contributed by atoms with van der Waals surface area (Å²) >= 11 is 0. The van der Waals surface area contributed by atoms with Crippen LogP contribution in [-0.4, -0.2) is 31.1 Å². The van der Waals surface area contributed by atoms with Gasteiger partial charge in [-0.2, -0.15) is 0 Å². The Morgan fingerprint density at radius 3 is 2.50 bits per heavy atom. The van der Waals surface area contributed by atoms with E-state index in [0.29, 0.717) is 11.1 Å². The quantitative estimate of drug-likeness (QED) is 0.644. The predicted octanol–water partition coefficient (Wildman–Crippen LogP) is 3.78. The third-order valence-corrected chi connectivity index (χ3v) is 4.78. The van der Waals surface area contributed by atoms with Gasteiger partial charge in [-0.15, -0.1) is 0 Å². The van der Waals surface area contributed by atoms with Gasteiger partial charge in [0.05, 0.1) is 25.7 Å². The van der Waals surface area contributed by atoms with E-state index in [4.69, 9.17) is 9.47 Å². The highest BCUT2D eigenvalue weighted by Crippen LogP contribution is 2.43. The number of esters is 1. The number of rotatable bonds is 4. The van der Waals surface area contributed by atoms with Gasteiger partial charge in [0, 0.05) is 16.7 Å². The second-order valence-electron chi connectivity index (χ2n) is 6.32. The zero-order valence-electron chi connectivity index (χ0n) is 15.7. The van der Waals surface area contributed by atoms with E-state index in [-0.39, 0.29) is 28.2 Å². The Hall–Kier alpha value is -3.41. The minimum absolute atomic E-state index is 0.0566. The van der Waals surface area contributed by atoms with Crippen LogP contribution in [0.4, 0.5) is 4.39 Å². The lowest BCUT2D eigenvalue weighted by atomic mass is 9.91. The molecule has 0 fully saturated rings. The summed E-state index contributed by atoms with van der Waals surface area (Å²) in [6.07, 6.45) is 1.40. The molecule has 0 amide bonds. The summed E-state index contributed by atoms with van der Waals surface area (Å²) in [5.41, 5.74) is 1.01. The number of ketones is 1. The van der Waals surface area contributed by atoms with E-state index in [1.807, 2.05) is 0 Å². The van der Waals surface area contributed by atoms with E-state index >= 15 is 0 Å². The van der Waals surface area contributed by atoms with Gasteiger partial charge in [-0.05, 0) is 30.7 Å². The Morgan fingerprint density at radius 2 is 1.86 bits per heavy atom. The number of hydrogen-bond acceptors (Lipinski definition) is 5. The van der Waals surface area contributed by atoms with E-state index < -0.39 is 23.5 Å². The zero-order valence-corrected chi connectivity index (χ0v) is 15.7. The van der Waals surface area contributed by atoms with Gasteiger partial charge < -0.3 is 14.6 Å². The van der Waals surface area contributed by atoms with Gasteiger partial charge in [0.25, 0.3) is 0 Å². The lowest BCUT2D eigenvalue weighted by Crippen LogP contribution is -2.11. The molecule has 1 unspecified atom stereocenters. The summed E-state index contributed by atoms with van der Waals surface area (Å²) in [7, 11) is 2.62. The monoisotopic (exact) mass is 382 g/mol. The molecule has 1 N–H and O–H groups in total. The number of ether oxygens (including phenoxy) is 2. The van der Waals surface area contributed by atoms with Crippen molar-refractivity contribution in [3.63, 3.8) is 0 Å². The first-order valence-corrected chi connectivity index (χ1v) is 8.56. The van der Waals surface area contributed by atoms with E-state index in [1.165, 1.54) is 38.5 Å². The van der Waals surface area contributed by atoms with Crippen LogP contribution in [0.5, 0.6) is 11.5 Å². The minimum Gasteiger partial charge on any atom is -0.504 e. The largest absolute Gasteiger partial charge is 0.504 e. The molecular weight excluding hydrogens is 363 g/mol. The van der Waals surface area contributed by atoms with E-state index in [2.05, 4.69) is 0 Å². The second kappa shape index (κ2) is 7.68. The average Bonchev–Trinajstić information content (AvgIpc) is 2.93. The van der Waals surface area contributed by atoms with Crippen molar-refractivity contribution in [3.8, 4) is 11.5 Å². The maximum Gasteiger partial charge on any atom is 0.338 e. The molecule has 0 spiro atoms. The first kappa shape index (κ1) is 19.4. The number of aromatic hydroxyl groups is 1. The molecule has 144 valence electrons. The third-order valence-electron chi connectivity index (χ3n) is 4.78. The van der Waals surface area contributed by atoms with Crippen molar-refractivity contribution in [1.82, 2.24) is 0 Å². The highest BCUT2D eigenvalue weighted by atomic mass is 19.1. The standard InChI is InChI=1S/C22H19FO5/c1-12-18(14-8-4-5-9-16(14)23)21(25)15(19(12)22(26)28-3)11-13-7-6-10-17(27-2)20(13)24/h4-11,18,24H,1-3H3/b15-11-. The number of phenols is 1. The number of halogens is 1. The molecule has 0 saturated heterocycles. The average molecular weight is 382 g/mol. The molecule has 1 atom stereocenters. The van der Waals surface area contributed by atoms with Crippen molar-refractivity contribution >= 4 is 17.8 Å². The van der Waals surface area contributed by atoms with Gasteiger partial charge >= 0.3 is 5.97 Å². The molecule has 1 aliphatic rings. The molecule has 6 heteroatoms. The lowest BCUT2D eigenvalue weighted by Gasteiger charge is -2.12. The Labute approximate surface area is 161 Å². The Bertz CT molecular complexity index is 1020. The Balaban J connectivity index is 2.20. The number of methoxy groups -OCH3 is 2. The van der Waals surface area contributed by atoms with Crippen molar-refractivity contribution in [2.24, 2.45) is 0 Å². The van der Waals surface area contributed by atoms with E-state index in [9.17, 15) is 19.1 Å². The summed E-state index contributed by atoms with van der Waals surface area (Å²) in [5.74, 6) is -2.54. The van der Waals surface area contributed by atoms with Crippen LogP contribution < -0.4 is 4.74 Å². The Morgan fingerprint density at radius 1 is 1.14 bits per heavy atom. The normalized spacial score (nSPS) is 17.9. The van der Waals surface area contributed by atoms with Crippen molar-refractivity contribution in [3.05, 3.63) is 76.1 Å². The molecule has 0 aliphatic heterocycles. The Kier molecular flexibility index (Phi) is 5.31. The van der Waals surface area contributed by atoms with Gasteiger partial charge in [-0.1, -0.05) is 30.3 Å². The van der Waals surface area contributed by atoms with Crippen LogP contribution >= 0.6 is 0 Å². The van der Waals surface area contributed by atoms with Gasteiger partial charge in [0.1, 0.15) is 5.82 Å². The van der Waals surface area contributed by atoms with E-state index in [0.717, 1.165) is 0 Å². The van der Waals surface area contributed by atoms with Crippen LogP contribution in [0.1, 0.15) is 24.0 Å². The fourth-order valence-corrected chi connectivity index (χ4v) is 3.41. The summed E-state index contributed by atoms with van der Waals surface area (Å²) < 4.78 is 24.3. The molecule has 0 aromatic heterocycles. The molecule has 3 rings (SSSR count). The molecule has 2 aromatic rings. The zero-order chi connectivity index (χ0) is 20.4. The molecule has 5 nitrogen and oxygen atoms in total. The first-order chi connectivity index (χ1) is 13.4. The molecule has 0 bridgehead atoms. The van der Waals surface area contributed by atoms with Gasteiger partial charge in [-0.25, -0.2) is 9.18 Å². The highest BCUT2D eigenvalue weighted by Gasteiger charge is 2.40. The molecule has 1 aliphatic carbocycles. The number of Topliss-reactive ketones (excluding diaryl/α,β-unsaturated/α-hetero) is 1. The van der Waals surface area contributed by atoms with Gasteiger partial charge in [0.2, 0.25) is 0 Å². The molecular formula is C22H19FO5. The van der Waals surface area contributed by atoms with Crippen molar-refractivity contribution < 1.29 is 28.6 Å². The summed E-state index contributed by atoms with van der Waals surface area (Å²) in [6.45, 7) is 1.60. The fourth-order valence-electron chi connectivity index (χ4n) is 3.41. The molecule has 0 radical (unpaired) electrons. The first-order valence-electron chi connectivity index (χ1n) is 8.56. The third kappa shape index (κ3) is 3.17. The van der Waals surface area contributed by atoms with Crippen LogP contribution in [0.2, 0.25) is 0 Å². The molecule has 2 aromatic carbocycles. The van der Waals surface area contributed by atoms with Gasteiger partial charge in [-0.3, -0.25) is 4.79 Å². The van der Waals surface area contributed by atoms with Crippen molar-refractivity contribution in [2.45, 2.75) is 12.8 Å². The fraction of sp³-hybridized carbons (Fsp3) is 0.182. The van der Waals surface area contributed by atoms with Crippen LogP contribution in [-0.2, 0) is 14.3 Å². The minimum atomic E-state index is -0.936. The van der Waals surface area contributed by atoms with E-state index in [1.54, 1.807) is 31.2 Å². The maximum absolute atomic E-state index is 14.3. The smallest absolute Gasteiger partial charge is 0.338 e. The lowest BCUT2D eigenvalue weighted by molar-refractivity contribution is -0.136. The van der Waals surface area contributed by atoms with Crippen LogP contribution in [0.15, 0.2) is 59.2 Å². The number of allylic oxidation sites excluding steroid dienone is 1. The number of para-hydroxylation sites is 1. The van der Waals surface area contributed by atoms with Crippen LogP contribution in [0.3, 0.4) is 0 Å². The molecule has 0 saturated carbocycles.